The van der Waals surface area contributed by atoms with Gasteiger partial charge in [-0.1, -0.05) is 38.1 Å². The number of nitrogens with one attached hydrogen (secondary N) is 1. The van der Waals surface area contributed by atoms with Crippen molar-refractivity contribution in [2.45, 2.75) is 45.9 Å². The van der Waals surface area contributed by atoms with Crippen molar-refractivity contribution >= 4 is 0 Å². The summed E-state index contributed by atoms with van der Waals surface area (Å²) in [6.45, 7) is 8.72. The molecule has 3 nitrogen and oxygen atoms in total. The summed E-state index contributed by atoms with van der Waals surface area (Å²) >= 11 is 0. The van der Waals surface area contributed by atoms with E-state index in [0.29, 0.717) is 18.6 Å². The Labute approximate surface area is 122 Å². The average molecular weight is 277 g/mol. The Hall–Kier alpha value is -0.900. The van der Waals surface area contributed by atoms with Gasteiger partial charge in [0.05, 0.1) is 19.3 Å². The van der Waals surface area contributed by atoms with Crippen LogP contribution in [0.2, 0.25) is 0 Å². The highest BCUT2D eigenvalue weighted by atomic mass is 16.5. The van der Waals surface area contributed by atoms with Gasteiger partial charge in [-0.2, -0.15) is 0 Å². The highest BCUT2D eigenvalue weighted by Gasteiger charge is 2.15. The summed E-state index contributed by atoms with van der Waals surface area (Å²) in [6.07, 6.45) is 2.62. The Bertz CT molecular complexity index is 386. The fourth-order valence-corrected chi connectivity index (χ4v) is 2.42. The molecule has 0 aliphatic carbocycles. The normalized spacial score (nSPS) is 18.9. The molecule has 1 heterocycles. The summed E-state index contributed by atoms with van der Waals surface area (Å²) < 4.78 is 11.3. The van der Waals surface area contributed by atoms with E-state index in [1.165, 1.54) is 17.5 Å². The smallest absolute Gasteiger partial charge is 0.0809 e. The molecule has 1 N–H and O–H groups in total. The van der Waals surface area contributed by atoms with Crippen molar-refractivity contribution in [1.82, 2.24) is 5.32 Å². The van der Waals surface area contributed by atoms with Crippen LogP contribution >= 0.6 is 0 Å². The van der Waals surface area contributed by atoms with Crippen molar-refractivity contribution in [3.8, 4) is 0 Å². The van der Waals surface area contributed by atoms with Crippen LogP contribution in [0.3, 0.4) is 0 Å². The molecule has 1 fully saturated rings. The summed E-state index contributed by atoms with van der Waals surface area (Å²) in [7, 11) is 0. The van der Waals surface area contributed by atoms with Gasteiger partial charge in [0, 0.05) is 13.2 Å². The lowest BCUT2D eigenvalue weighted by Crippen LogP contribution is -2.19. The second-order valence-electron chi connectivity index (χ2n) is 5.99. The molecule has 1 atom stereocenters. The largest absolute Gasteiger partial charge is 0.376 e. The van der Waals surface area contributed by atoms with Crippen LogP contribution < -0.4 is 5.32 Å². The van der Waals surface area contributed by atoms with Crippen molar-refractivity contribution in [2.75, 3.05) is 19.8 Å². The van der Waals surface area contributed by atoms with Crippen molar-refractivity contribution in [2.24, 2.45) is 5.92 Å². The quantitative estimate of drug-likeness (QED) is 0.792. The van der Waals surface area contributed by atoms with Gasteiger partial charge < -0.3 is 14.8 Å². The predicted molar refractivity (Wildman–Crippen MR) is 81.6 cm³/mol. The maximum Gasteiger partial charge on any atom is 0.0809 e. The molecule has 1 saturated heterocycles. The molecule has 0 bridgehead atoms. The Morgan fingerprint density at radius 3 is 2.95 bits per heavy atom. The molecule has 0 amide bonds. The Morgan fingerprint density at radius 2 is 2.20 bits per heavy atom. The molecule has 1 unspecified atom stereocenters. The standard InChI is InChI=1S/C17H27NO2/c1-14(2)10-18-11-15-5-3-6-16(9-15)12-19-13-17-7-4-8-20-17/h3,5-6,9,14,17-18H,4,7-8,10-13H2,1-2H3. The van der Waals surface area contributed by atoms with E-state index in [1.807, 2.05) is 0 Å². The third-order valence-corrected chi connectivity index (χ3v) is 3.47. The van der Waals surface area contributed by atoms with E-state index in [9.17, 15) is 0 Å². The third-order valence-electron chi connectivity index (χ3n) is 3.47. The minimum Gasteiger partial charge on any atom is -0.376 e. The molecule has 0 saturated carbocycles. The van der Waals surface area contributed by atoms with Gasteiger partial charge in [-0.3, -0.25) is 0 Å². The molecule has 0 radical (unpaired) electrons. The SMILES string of the molecule is CC(C)CNCc1cccc(COCC2CCCO2)c1. The van der Waals surface area contributed by atoms with Crippen LogP contribution in [0, 0.1) is 5.92 Å². The van der Waals surface area contributed by atoms with Crippen molar-refractivity contribution in [3.05, 3.63) is 35.4 Å². The van der Waals surface area contributed by atoms with Crippen LogP contribution in [-0.4, -0.2) is 25.9 Å². The van der Waals surface area contributed by atoms with Crippen LogP contribution in [0.25, 0.3) is 0 Å². The van der Waals surface area contributed by atoms with E-state index in [0.717, 1.165) is 32.7 Å². The maximum absolute atomic E-state index is 5.76. The van der Waals surface area contributed by atoms with Crippen molar-refractivity contribution in [1.29, 1.82) is 0 Å². The summed E-state index contributed by atoms with van der Waals surface area (Å²) in [4.78, 5) is 0. The number of hydrogen-bond donors (Lipinski definition) is 1. The van der Waals surface area contributed by atoms with Gasteiger partial charge in [0.2, 0.25) is 0 Å². The summed E-state index contributed by atoms with van der Waals surface area (Å²) in [6, 6.07) is 8.62. The maximum atomic E-state index is 5.76. The van der Waals surface area contributed by atoms with Crippen molar-refractivity contribution < 1.29 is 9.47 Å². The second kappa shape index (κ2) is 8.40. The average Bonchev–Trinajstić information content (AvgIpc) is 2.92. The molecule has 20 heavy (non-hydrogen) atoms. The topological polar surface area (TPSA) is 30.5 Å². The van der Waals surface area contributed by atoms with Gasteiger partial charge >= 0.3 is 0 Å². The zero-order valence-corrected chi connectivity index (χ0v) is 12.7. The zero-order valence-electron chi connectivity index (χ0n) is 12.7. The number of ether oxygens (including phenoxy) is 2. The lowest BCUT2D eigenvalue weighted by molar-refractivity contribution is 0.0106. The van der Waals surface area contributed by atoms with Crippen LogP contribution in [0.1, 0.15) is 37.8 Å². The second-order valence-corrected chi connectivity index (χ2v) is 5.99. The van der Waals surface area contributed by atoms with Gasteiger partial charge in [0.25, 0.3) is 0 Å². The van der Waals surface area contributed by atoms with Gasteiger partial charge in [0.15, 0.2) is 0 Å². The fourth-order valence-electron chi connectivity index (χ4n) is 2.42. The molecule has 0 spiro atoms. The number of benzene rings is 1. The minimum atomic E-state index is 0.311. The summed E-state index contributed by atoms with van der Waals surface area (Å²) in [5.41, 5.74) is 2.57. The highest BCUT2D eigenvalue weighted by molar-refractivity contribution is 5.22. The first kappa shape index (κ1) is 15.5. The fraction of sp³-hybridized carbons (Fsp3) is 0.647. The first-order chi connectivity index (χ1) is 9.74. The Kier molecular flexibility index (Phi) is 6.51. The molecule has 1 aromatic carbocycles. The zero-order chi connectivity index (χ0) is 14.2. The minimum absolute atomic E-state index is 0.311. The first-order valence-electron chi connectivity index (χ1n) is 7.72. The van der Waals surface area contributed by atoms with Crippen LogP contribution in [0.4, 0.5) is 0 Å². The van der Waals surface area contributed by atoms with Crippen molar-refractivity contribution in [3.63, 3.8) is 0 Å². The molecule has 1 aliphatic heterocycles. The number of hydrogen-bond acceptors (Lipinski definition) is 3. The monoisotopic (exact) mass is 277 g/mol. The van der Waals surface area contributed by atoms with Gasteiger partial charge in [-0.25, -0.2) is 0 Å². The van der Waals surface area contributed by atoms with E-state index >= 15 is 0 Å². The van der Waals surface area contributed by atoms with Gasteiger partial charge in [-0.15, -0.1) is 0 Å². The first-order valence-corrected chi connectivity index (χ1v) is 7.72. The molecule has 2 rings (SSSR count). The highest BCUT2D eigenvalue weighted by Crippen LogP contribution is 2.13. The lowest BCUT2D eigenvalue weighted by atomic mass is 10.1. The molecule has 1 aromatic rings. The Morgan fingerprint density at radius 1 is 1.35 bits per heavy atom. The van der Waals surface area contributed by atoms with Gasteiger partial charge in [0.1, 0.15) is 0 Å². The van der Waals surface area contributed by atoms with Crippen LogP contribution in [-0.2, 0) is 22.6 Å². The van der Waals surface area contributed by atoms with E-state index in [1.54, 1.807) is 0 Å². The number of rotatable bonds is 8. The van der Waals surface area contributed by atoms with Crippen LogP contribution in [0.5, 0.6) is 0 Å². The van der Waals surface area contributed by atoms with Gasteiger partial charge in [-0.05, 0) is 36.4 Å². The van der Waals surface area contributed by atoms with E-state index in [4.69, 9.17) is 9.47 Å². The molecule has 3 heteroatoms. The third kappa shape index (κ3) is 5.61. The summed E-state index contributed by atoms with van der Waals surface area (Å²) in [5, 5.41) is 3.47. The molecular formula is C17H27NO2. The van der Waals surface area contributed by atoms with E-state index < -0.39 is 0 Å². The summed E-state index contributed by atoms with van der Waals surface area (Å²) in [5.74, 6) is 0.688. The predicted octanol–water partition coefficient (Wildman–Crippen LogP) is 3.13. The van der Waals surface area contributed by atoms with E-state index in [-0.39, 0.29) is 0 Å². The Balaban J connectivity index is 1.71. The van der Waals surface area contributed by atoms with Crippen LogP contribution in [0.15, 0.2) is 24.3 Å². The molecule has 112 valence electrons. The lowest BCUT2D eigenvalue weighted by Gasteiger charge is -2.11. The van der Waals surface area contributed by atoms with E-state index in [2.05, 4.69) is 43.4 Å². The molecule has 1 aliphatic rings. The molecular weight excluding hydrogens is 250 g/mol. The molecule has 0 aromatic heterocycles.